The largest absolute Gasteiger partial charge is 0.335 e. The molecule has 0 spiro atoms. The monoisotopic (exact) mass is 365 g/mol. The second-order valence-electron chi connectivity index (χ2n) is 7.06. The smallest absolute Gasteiger partial charge is 0.317 e. The molecule has 7 heteroatoms. The first-order chi connectivity index (χ1) is 11.9. The minimum absolute atomic E-state index is 0.0168. The quantitative estimate of drug-likeness (QED) is 0.888. The maximum atomic E-state index is 12.6. The first-order valence-electron chi connectivity index (χ1n) is 9.03. The number of carbonyl (C=O) groups excluding carboxylic acids is 1. The van der Waals surface area contributed by atoms with Crippen molar-refractivity contribution in [3.05, 3.63) is 35.4 Å². The molecule has 0 aromatic heterocycles. The molecule has 1 aliphatic carbocycles. The van der Waals surface area contributed by atoms with Crippen LogP contribution in [0.1, 0.15) is 36.8 Å². The third-order valence-corrected chi connectivity index (χ3v) is 6.88. The summed E-state index contributed by atoms with van der Waals surface area (Å²) in [6.07, 6.45) is 4.46. The van der Waals surface area contributed by atoms with E-state index in [0.717, 1.165) is 24.0 Å². The predicted molar refractivity (Wildman–Crippen MR) is 97.7 cm³/mol. The number of amides is 2. The molecule has 6 nitrogen and oxygen atoms in total. The fourth-order valence-corrected chi connectivity index (χ4v) is 5.11. The molecule has 1 aromatic carbocycles. The van der Waals surface area contributed by atoms with Gasteiger partial charge in [0.2, 0.25) is 10.0 Å². The van der Waals surface area contributed by atoms with Gasteiger partial charge in [-0.05, 0) is 25.3 Å². The number of nitrogens with one attached hydrogen (secondary N) is 1. The molecule has 3 rings (SSSR count). The molecule has 0 unspecified atom stereocenters. The van der Waals surface area contributed by atoms with Gasteiger partial charge in [-0.25, -0.2) is 13.2 Å². The minimum atomic E-state index is -3.35. The fourth-order valence-electron chi connectivity index (χ4n) is 3.61. The van der Waals surface area contributed by atoms with E-state index in [2.05, 4.69) is 5.32 Å². The van der Waals surface area contributed by atoms with E-state index in [0.29, 0.717) is 26.2 Å². The van der Waals surface area contributed by atoms with Crippen LogP contribution in [0.25, 0.3) is 0 Å². The van der Waals surface area contributed by atoms with E-state index in [9.17, 15) is 13.2 Å². The van der Waals surface area contributed by atoms with Gasteiger partial charge in [-0.2, -0.15) is 4.31 Å². The van der Waals surface area contributed by atoms with Gasteiger partial charge in [-0.3, -0.25) is 0 Å². The lowest BCUT2D eigenvalue weighted by Crippen LogP contribution is -2.54. The van der Waals surface area contributed by atoms with Crippen LogP contribution in [0.15, 0.2) is 24.3 Å². The van der Waals surface area contributed by atoms with E-state index < -0.39 is 10.0 Å². The second kappa shape index (κ2) is 7.74. The Bertz CT molecular complexity index is 706. The SMILES string of the molecule is Cc1cccc(CS(=O)(=O)N2CCN(C(=O)NC3CCCC3)CC2)c1. The summed E-state index contributed by atoms with van der Waals surface area (Å²) in [7, 11) is -3.35. The van der Waals surface area contributed by atoms with Crippen molar-refractivity contribution in [2.24, 2.45) is 0 Å². The number of piperazine rings is 1. The van der Waals surface area contributed by atoms with E-state index in [1.165, 1.54) is 17.1 Å². The zero-order valence-electron chi connectivity index (χ0n) is 14.8. The molecule has 1 heterocycles. The molecule has 1 aromatic rings. The van der Waals surface area contributed by atoms with Crippen LogP contribution in [0.3, 0.4) is 0 Å². The third kappa shape index (κ3) is 4.73. The van der Waals surface area contributed by atoms with Crippen molar-refractivity contribution in [1.82, 2.24) is 14.5 Å². The van der Waals surface area contributed by atoms with Gasteiger partial charge in [-0.15, -0.1) is 0 Å². The normalized spacial score (nSPS) is 20.0. The lowest BCUT2D eigenvalue weighted by atomic mass is 10.2. The number of urea groups is 1. The number of rotatable bonds is 4. The summed E-state index contributed by atoms with van der Waals surface area (Å²) >= 11 is 0. The van der Waals surface area contributed by atoms with Crippen molar-refractivity contribution in [1.29, 1.82) is 0 Å². The molecular formula is C18H27N3O3S. The van der Waals surface area contributed by atoms with E-state index in [1.807, 2.05) is 31.2 Å². The van der Waals surface area contributed by atoms with E-state index in [4.69, 9.17) is 0 Å². The first-order valence-corrected chi connectivity index (χ1v) is 10.6. The Morgan fingerprint density at radius 2 is 1.84 bits per heavy atom. The van der Waals surface area contributed by atoms with Crippen LogP contribution in [-0.2, 0) is 15.8 Å². The number of hydrogen-bond donors (Lipinski definition) is 1. The van der Waals surface area contributed by atoms with Crippen LogP contribution in [0.2, 0.25) is 0 Å². The van der Waals surface area contributed by atoms with Crippen molar-refractivity contribution < 1.29 is 13.2 Å². The van der Waals surface area contributed by atoms with Gasteiger partial charge >= 0.3 is 6.03 Å². The lowest BCUT2D eigenvalue weighted by molar-refractivity contribution is 0.169. The van der Waals surface area contributed by atoms with Crippen molar-refractivity contribution >= 4 is 16.1 Å². The highest BCUT2D eigenvalue weighted by Gasteiger charge is 2.30. The summed E-state index contributed by atoms with van der Waals surface area (Å²) in [5, 5.41) is 3.07. The topological polar surface area (TPSA) is 69.7 Å². The van der Waals surface area contributed by atoms with Crippen molar-refractivity contribution in [3.8, 4) is 0 Å². The van der Waals surface area contributed by atoms with E-state index >= 15 is 0 Å². The average molecular weight is 365 g/mol. The molecule has 2 fully saturated rings. The van der Waals surface area contributed by atoms with Gasteiger partial charge in [0, 0.05) is 32.2 Å². The molecule has 25 heavy (non-hydrogen) atoms. The number of sulfonamides is 1. The standard InChI is InChI=1S/C18H27N3O3S/c1-15-5-4-6-16(13-15)14-25(23,24)21-11-9-20(10-12-21)18(22)19-17-7-2-3-8-17/h4-6,13,17H,2-3,7-12,14H2,1H3,(H,19,22). The minimum Gasteiger partial charge on any atom is -0.335 e. The summed E-state index contributed by atoms with van der Waals surface area (Å²) in [6, 6.07) is 7.82. The molecule has 0 bridgehead atoms. The summed E-state index contributed by atoms with van der Waals surface area (Å²) < 4.78 is 26.8. The molecule has 0 radical (unpaired) electrons. The van der Waals surface area contributed by atoms with Crippen LogP contribution in [-0.4, -0.2) is 55.9 Å². The van der Waals surface area contributed by atoms with Crippen molar-refractivity contribution in [2.75, 3.05) is 26.2 Å². The zero-order chi connectivity index (χ0) is 17.9. The van der Waals surface area contributed by atoms with Gasteiger partial charge in [0.1, 0.15) is 0 Å². The summed E-state index contributed by atoms with van der Waals surface area (Å²) in [5.41, 5.74) is 1.86. The Hall–Kier alpha value is -1.60. The molecule has 1 saturated heterocycles. The maximum absolute atomic E-state index is 12.6. The fraction of sp³-hybridized carbons (Fsp3) is 0.611. The van der Waals surface area contributed by atoms with E-state index in [-0.39, 0.29) is 17.8 Å². The molecule has 2 aliphatic rings. The zero-order valence-corrected chi connectivity index (χ0v) is 15.6. The Kier molecular flexibility index (Phi) is 5.64. The highest BCUT2D eigenvalue weighted by atomic mass is 32.2. The Morgan fingerprint density at radius 3 is 2.48 bits per heavy atom. The Labute approximate surface area is 150 Å². The molecule has 0 atom stereocenters. The number of nitrogens with zero attached hydrogens (tertiary/aromatic N) is 2. The van der Waals surface area contributed by atoms with Gasteiger partial charge in [0.05, 0.1) is 5.75 Å². The Balaban J connectivity index is 1.53. The second-order valence-corrected chi connectivity index (χ2v) is 9.03. The van der Waals surface area contributed by atoms with Gasteiger partial charge in [0.25, 0.3) is 0 Å². The molecule has 2 amide bonds. The molecule has 1 N–H and O–H groups in total. The first kappa shape index (κ1) is 18.2. The van der Waals surface area contributed by atoms with Crippen LogP contribution in [0, 0.1) is 6.92 Å². The predicted octanol–water partition coefficient (Wildman–Crippen LogP) is 2.09. The number of aryl methyl sites for hydroxylation is 1. The van der Waals surface area contributed by atoms with Crippen molar-refractivity contribution in [3.63, 3.8) is 0 Å². The maximum Gasteiger partial charge on any atom is 0.317 e. The van der Waals surface area contributed by atoms with Crippen LogP contribution in [0.4, 0.5) is 4.79 Å². The van der Waals surface area contributed by atoms with Crippen LogP contribution in [0.5, 0.6) is 0 Å². The van der Waals surface area contributed by atoms with Gasteiger partial charge in [-0.1, -0.05) is 42.7 Å². The number of benzene rings is 1. The van der Waals surface area contributed by atoms with Crippen LogP contribution >= 0.6 is 0 Å². The number of carbonyl (C=O) groups is 1. The lowest BCUT2D eigenvalue weighted by Gasteiger charge is -2.34. The Morgan fingerprint density at radius 1 is 1.16 bits per heavy atom. The van der Waals surface area contributed by atoms with Crippen molar-refractivity contribution in [2.45, 2.75) is 44.4 Å². The van der Waals surface area contributed by atoms with Gasteiger partial charge < -0.3 is 10.2 Å². The van der Waals surface area contributed by atoms with Gasteiger partial charge in [0.15, 0.2) is 0 Å². The average Bonchev–Trinajstić information content (AvgIpc) is 3.07. The highest BCUT2D eigenvalue weighted by molar-refractivity contribution is 7.88. The summed E-state index contributed by atoms with van der Waals surface area (Å²) in [4.78, 5) is 14.0. The molecule has 138 valence electrons. The molecular weight excluding hydrogens is 338 g/mol. The number of hydrogen-bond acceptors (Lipinski definition) is 3. The highest BCUT2D eigenvalue weighted by Crippen LogP contribution is 2.19. The summed E-state index contributed by atoms with van der Waals surface area (Å²) in [5.74, 6) is 0.0168. The van der Waals surface area contributed by atoms with E-state index in [1.54, 1.807) is 4.90 Å². The summed E-state index contributed by atoms with van der Waals surface area (Å²) in [6.45, 7) is 3.59. The van der Waals surface area contributed by atoms with Crippen LogP contribution < -0.4 is 5.32 Å². The molecule has 1 aliphatic heterocycles. The third-order valence-electron chi connectivity index (χ3n) is 5.03. The molecule has 1 saturated carbocycles.